The highest BCUT2D eigenvalue weighted by molar-refractivity contribution is 5.26. The molecule has 3 N–H and O–H groups in total. The summed E-state index contributed by atoms with van der Waals surface area (Å²) in [5, 5.41) is 21.5. The average molecular weight is 291 g/mol. The van der Waals surface area contributed by atoms with E-state index in [0.29, 0.717) is 18.7 Å². The van der Waals surface area contributed by atoms with Crippen molar-refractivity contribution in [1.29, 1.82) is 0 Å². The van der Waals surface area contributed by atoms with Gasteiger partial charge in [-0.25, -0.2) is 0 Å². The fourth-order valence-electron chi connectivity index (χ4n) is 1.79. The Hall–Kier alpha value is -1.11. The maximum Gasteiger partial charge on any atom is 0.416 e. The molecule has 0 spiro atoms. The van der Waals surface area contributed by atoms with Crippen molar-refractivity contribution in [3.63, 3.8) is 0 Å². The van der Waals surface area contributed by atoms with Crippen LogP contribution < -0.4 is 5.32 Å². The number of aliphatic hydroxyl groups excluding tert-OH is 2. The second-order valence-corrected chi connectivity index (χ2v) is 4.62. The molecule has 0 saturated heterocycles. The van der Waals surface area contributed by atoms with Gasteiger partial charge in [0.05, 0.1) is 11.7 Å². The zero-order valence-electron chi connectivity index (χ0n) is 11.2. The summed E-state index contributed by atoms with van der Waals surface area (Å²) < 4.78 is 37.1. The fourth-order valence-corrected chi connectivity index (χ4v) is 1.79. The van der Waals surface area contributed by atoms with E-state index in [0.717, 1.165) is 31.4 Å². The molecule has 1 aromatic carbocycles. The largest absolute Gasteiger partial charge is 0.416 e. The highest BCUT2D eigenvalue weighted by Gasteiger charge is 2.30. The van der Waals surface area contributed by atoms with Crippen LogP contribution in [-0.4, -0.2) is 29.9 Å². The Morgan fingerprint density at radius 3 is 2.25 bits per heavy atom. The number of aliphatic hydroxyl groups is 2. The second-order valence-electron chi connectivity index (χ2n) is 4.62. The van der Waals surface area contributed by atoms with Crippen LogP contribution in [0.4, 0.5) is 13.2 Å². The molecule has 1 unspecified atom stereocenters. The Kier molecular flexibility index (Phi) is 6.98. The van der Waals surface area contributed by atoms with Crippen molar-refractivity contribution in [2.45, 2.75) is 31.5 Å². The van der Waals surface area contributed by atoms with Gasteiger partial charge in [0.2, 0.25) is 0 Å². The molecule has 0 aliphatic heterocycles. The molecule has 6 heteroatoms. The highest BCUT2D eigenvalue weighted by Crippen LogP contribution is 2.29. The van der Waals surface area contributed by atoms with Gasteiger partial charge < -0.3 is 15.5 Å². The minimum Gasteiger partial charge on any atom is -0.396 e. The van der Waals surface area contributed by atoms with Crippen LogP contribution in [0.25, 0.3) is 0 Å². The van der Waals surface area contributed by atoms with Gasteiger partial charge in [0.1, 0.15) is 0 Å². The third kappa shape index (κ3) is 5.90. The molecular formula is C14H20F3NO2. The summed E-state index contributed by atoms with van der Waals surface area (Å²) >= 11 is 0. The number of hydrogen-bond donors (Lipinski definition) is 3. The van der Waals surface area contributed by atoms with Crippen LogP contribution in [0.2, 0.25) is 0 Å². The number of unbranched alkanes of at least 4 members (excludes halogenated alkanes) is 2. The highest BCUT2D eigenvalue weighted by atomic mass is 19.4. The van der Waals surface area contributed by atoms with Crippen LogP contribution in [0, 0.1) is 0 Å². The number of benzene rings is 1. The molecule has 0 radical (unpaired) electrons. The van der Waals surface area contributed by atoms with Crippen molar-refractivity contribution in [2.24, 2.45) is 0 Å². The van der Waals surface area contributed by atoms with Gasteiger partial charge in [-0.05, 0) is 43.5 Å². The van der Waals surface area contributed by atoms with Crippen LogP contribution in [-0.2, 0) is 6.18 Å². The maximum atomic E-state index is 12.4. The third-order valence-electron chi connectivity index (χ3n) is 2.97. The van der Waals surface area contributed by atoms with Crippen molar-refractivity contribution >= 4 is 0 Å². The van der Waals surface area contributed by atoms with Crippen LogP contribution in [0.5, 0.6) is 0 Å². The normalized spacial score (nSPS) is 13.4. The van der Waals surface area contributed by atoms with E-state index >= 15 is 0 Å². The third-order valence-corrected chi connectivity index (χ3v) is 2.97. The molecule has 1 atom stereocenters. The van der Waals surface area contributed by atoms with Crippen LogP contribution in [0.1, 0.15) is 36.5 Å². The quantitative estimate of drug-likeness (QED) is 0.645. The Labute approximate surface area is 116 Å². The topological polar surface area (TPSA) is 52.5 Å². The number of nitrogens with one attached hydrogen (secondary N) is 1. The summed E-state index contributed by atoms with van der Waals surface area (Å²) in [5.74, 6) is 0. The van der Waals surface area contributed by atoms with Gasteiger partial charge in [-0.1, -0.05) is 12.1 Å². The predicted octanol–water partition coefficient (Wildman–Crippen LogP) is 2.49. The summed E-state index contributed by atoms with van der Waals surface area (Å²) in [4.78, 5) is 0. The zero-order chi connectivity index (χ0) is 15.0. The monoisotopic (exact) mass is 291 g/mol. The Morgan fingerprint density at radius 2 is 1.70 bits per heavy atom. The molecule has 0 aliphatic carbocycles. The van der Waals surface area contributed by atoms with Gasteiger partial charge in [0.15, 0.2) is 0 Å². The van der Waals surface area contributed by atoms with E-state index in [2.05, 4.69) is 5.32 Å². The fraction of sp³-hybridized carbons (Fsp3) is 0.571. The minimum atomic E-state index is -4.35. The Balaban J connectivity index is 2.34. The molecule has 0 aliphatic rings. The summed E-state index contributed by atoms with van der Waals surface area (Å²) in [6.45, 7) is 1.18. The first kappa shape index (κ1) is 16.9. The number of alkyl halides is 3. The predicted molar refractivity (Wildman–Crippen MR) is 70.2 cm³/mol. The summed E-state index contributed by atoms with van der Waals surface area (Å²) in [6.07, 6.45) is -2.63. The van der Waals surface area contributed by atoms with Gasteiger partial charge in [0.25, 0.3) is 0 Å². The first-order chi connectivity index (χ1) is 9.45. The van der Waals surface area contributed by atoms with E-state index < -0.39 is 17.8 Å². The van der Waals surface area contributed by atoms with Crippen molar-refractivity contribution < 1.29 is 23.4 Å². The SMILES string of the molecule is OCCCCCNCC(O)c1ccc(C(F)(F)F)cc1. The molecular weight excluding hydrogens is 271 g/mol. The van der Waals surface area contributed by atoms with Crippen LogP contribution >= 0.6 is 0 Å². The summed E-state index contributed by atoms with van der Waals surface area (Å²) in [5.41, 5.74) is -0.258. The van der Waals surface area contributed by atoms with Crippen molar-refractivity contribution in [1.82, 2.24) is 5.32 Å². The Bertz CT molecular complexity index is 379. The van der Waals surface area contributed by atoms with Crippen molar-refractivity contribution in [3.05, 3.63) is 35.4 Å². The number of halogens is 3. The van der Waals surface area contributed by atoms with Gasteiger partial charge in [-0.3, -0.25) is 0 Å². The van der Waals surface area contributed by atoms with Gasteiger partial charge in [0, 0.05) is 13.2 Å². The van der Waals surface area contributed by atoms with E-state index in [1.807, 2.05) is 0 Å². The lowest BCUT2D eigenvalue weighted by molar-refractivity contribution is -0.137. The smallest absolute Gasteiger partial charge is 0.396 e. The molecule has 3 nitrogen and oxygen atoms in total. The molecule has 0 fully saturated rings. The summed E-state index contributed by atoms with van der Waals surface area (Å²) in [6, 6.07) is 4.53. The molecule has 0 heterocycles. The average Bonchev–Trinajstić information content (AvgIpc) is 2.41. The molecule has 114 valence electrons. The molecule has 20 heavy (non-hydrogen) atoms. The molecule has 1 rings (SSSR count). The van der Waals surface area contributed by atoms with E-state index in [4.69, 9.17) is 5.11 Å². The van der Waals surface area contributed by atoms with E-state index in [9.17, 15) is 18.3 Å². The minimum absolute atomic E-state index is 0.175. The maximum absolute atomic E-state index is 12.4. The Morgan fingerprint density at radius 1 is 1.05 bits per heavy atom. The molecule has 0 saturated carbocycles. The molecule has 1 aromatic rings. The van der Waals surface area contributed by atoms with Gasteiger partial charge in [-0.15, -0.1) is 0 Å². The van der Waals surface area contributed by atoms with Gasteiger partial charge >= 0.3 is 6.18 Å². The van der Waals surface area contributed by atoms with E-state index in [1.54, 1.807) is 0 Å². The molecule has 0 bridgehead atoms. The lowest BCUT2D eigenvalue weighted by Gasteiger charge is -2.13. The van der Waals surface area contributed by atoms with Gasteiger partial charge in [-0.2, -0.15) is 13.2 Å². The van der Waals surface area contributed by atoms with E-state index in [-0.39, 0.29) is 6.61 Å². The zero-order valence-corrected chi connectivity index (χ0v) is 11.2. The van der Waals surface area contributed by atoms with Crippen molar-refractivity contribution in [2.75, 3.05) is 19.7 Å². The standard InChI is InChI=1S/C14H20F3NO2/c15-14(16,17)12-6-4-11(5-7-12)13(20)10-18-8-2-1-3-9-19/h4-7,13,18-20H,1-3,8-10H2. The summed E-state index contributed by atoms with van der Waals surface area (Å²) in [7, 11) is 0. The number of rotatable bonds is 8. The lowest BCUT2D eigenvalue weighted by Crippen LogP contribution is -2.22. The van der Waals surface area contributed by atoms with E-state index in [1.165, 1.54) is 12.1 Å². The molecule has 0 amide bonds. The van der Waals surface area contributed by atoms with Crippen LogP contribution in [0.3, 0.4) is 0 Å². The first-order valence-corrected chi connectivity index (χ1v) is 6.62. The van der Waals surface area contributed by atoms with Crippen molar-refractivity contribution in [3.8, 4) is 0 Å². The van der Waals surface area contributed by atoms with Crippen LogP contribution in [0.15, 0.2) is 24.3 Å². The molecule has 0 aromatic heterocycles. The first-order valence-electron chi connectivity index (χ1n) is 6.62. The number of hydrogen-bond acceptors (Lipinski definition) is 3. The second kappa shape index (κ2) is 8.24. The lowest BCUT2D eigenvalue weighted by atomic mass is 10.1.